The van der Waals surface area contributed by atoms with Crippen molar-refractivity contribution in [1.82, 2.24) is 4.98 Å². The van der Waals surface area contributed by atoms with E-state index in [1.165, 1.54) is 0 Å². The molecule has 1 aliphatic rings. The topological polar surface area (TPSA) is 48.1 Å². The lowest BCUT2D eigenvalue weighted by atomic mass is 10.1. The van der Waals surface area contributed by atoms with Crippen molar-refractivity contribution in [2.45, 2.75) is 31.7 Å². The minimum Gasteiger partial charge on any atom is -0.497 e. The first-order valence-corrected chi connectivity index (χ1v) is 5.84. The zero-order valence-corrected chi connectivity index (χ0v) is 9.43. The van der Waals surface area contributed by atoms with Gasteiger partial charge in [0.25, 0.3) is 0 Å². The Hall–Kier alpha value is -1.35. The molecule has 0 fully saturated rings. The number of allylic oxidation sites excluding steroid dienone is 1. The first-order chi connectivity index (χ1) is 7.86. The first-order valence-electron chi connectivity index (χ1n) is 5.84. The highest BCUT2D eigenvalue weighted by Gasteiger charge is 2.13. The number of hydrogen-bond donors (Lipinski definition) is 1. The van der Waals surface area contributed by atoms with Gasteiger partial charge < -0.3 is 10.5 Å². The maximum atomic E-state index is 6.08. The summed E-state index contributed by atoms with van der Waals surface area (Å²) in [5, 5.41) is 0. The normalized spacial score (nSPS) is 17.4. The SMILES string of the molecule is NC(CCc1ccccn1)C1=CCCCO1. The highest BCUT2D eigenvalue weighted by molar-refractivity contribution is 5.08. The molecular formula is C13H18N2O. The molecule has 1 unspecified atom stereocenters. The molecule has 3 heteroatoms. The van der Waals surface area contributed by atoms with Gasteiger partial charge in [-0.15, -0.1) is 0 Å². The molecule has 0 radical (unpaired) electrons. The molecule has 3 nitrogen and oxygen atoms in total. The third-order valence-electron chi connectivity index (χ3n) is 2.77. The molecule has 1 aromatic rings. The Kier molecular flexibility index (Phi) is 3.94. The molecule has 0 spiro atoms. The summed E-state index contributed by atoms with van der Waals surface area (Å²) >= 11 is 0. The van der Waals surface area contributed by atoms with Gasteiger partial charge in [-0.2, -0.15) is 0 Å². The molecular weight excluding hydrogens is 200 g/mol. The van der Waals surface area contributed by atoms with Gasteiger partial charge in [-0.3, -0.25) is 4.98 Å². The van der Waals surface area contributed by atoms with E-state index in [1.807, 2.05) is 24.4 Å². The minimum absolute atomic E-state index is 0.0160. The molecule has 0 saturated heterocycles. The zero-order chi connectivity index (χ0) is 11.2. The van der Waals surface area contributed by atoms with E-state index in [-0.39, 0.29) is 6.04 Å². The van der Waals surface area contributed by atoms with Crippen LogP contribution in [0, 0.1) is 0 Å². The summed E-state index contributed by atoms with van der Waals surface area (Å²) < 4.78 is 5.54. The van der Waals surface area contributed by atoms with Crippen molar-refractivity contribution in [3.63, 3.8) is 0 Å². The van der Waals surface area contributed by atoms with Crippen LogP contribution in [0.3, 0.4) is 0 Å². The van der Waals surface area contributed by atoms with Crippen molar-refractivity contribution in [3.05, 3.63) is 41.9 Å². The van der Waals surface area contributed by atoms with Crippen LogP contribution in [0.5, 0.6) is 0 Å². The summed E-state index contributed by atoms with van der Waals surface area (Å²) in [4.78, 5) is 4.28. The molecule has 2 rings (SSSR count). The van der Waals surface area contributed by atoms with Gasteiger partial charge in [0.2, 0.25) is 0 Å². The molecule has 2 heterocycles. The standard InChI is InChI=1S/C13H18N2O/c14-12(13-6-2-4-10-16-13)8-7-11-5-1-3-9-15-11/h1,3,5-6,9,12H,2,4,7-8,10,14H2. The second kappa shape index (κ2) is 5.66. The van der Waals surface area contributed by atoms with Gasteiger partial charge in [0.05, 0.1) is 12.6 Å². The molecule has 0 saturated carbocycles. The van der Waals surface area contributed by atoms with E-state index in [1.54, 1.807) is 0 Å². The Morgan fingerprint density at radius 3 is 3.06 bits per heavy atom. The summed E-state index contributed by atoms with van der Waals surface area (Å²) in [5.74, 6) is 0.960. The largest absolute Gasteiger partial charge is 0.497 e. The van der Waals surface area contributed by atoms with Crippen LogP contribution in [-0.2, 0) is 11.2 Å². The second-order valence-corrected chi connectivity index (χ2v) is 4.06. The fourth-order valence-corrected chi connectivity index (χ4v) is 1.83. The van der Waals surface area contributed by atoms with Crippen LogP contribution in [0.2, 0.25) is 0 Å². The Labute approximate surface area is 96.3 Å². The smallest absolute Gasteiger partial charge is 0.109 e. The molecule has 0 bridgehead atoms. The molecule has 1 aromatic heterocycles. The molecule has 1 aliphatic heterocycles. The van der Waals surface area contributed by atoms with Crippen LogP contribution < -0.4 is 5.73 Å². The summed E-state index contributed by atoms with van der Waals surface area (Å²) in [6, 6.07) is 5.98. The minimum atomic E-state index is 0.0160. The van der Waals surface area contributed by atoms with Crippen molar-refractivity contribution in [2.24, 2.45) is 5.73 Å². The number of ether oxygens (including phenoxy) is 1. The van der Waals surface area contributed by atoms with E-state index in [4.69, 9.17) is 10.5 Å². The van der Waals surface area contributed by atoms with Crippen LogP contribution in [0.15, 0.2) is 36.2 Å². The lowest BCUT2D eigenvalue weighted by Crippen LogP contribution is -2.26. The molecule has 86 valence electrons. The molecule has 0 aliphatic carbocycles. The Morgan fingerprint density at radius 2 is 2.38 bits per heavy atom. The fourth-order valence-electron chi connectivity index (χ4n) is 1.83. The highest BCUT2D eigenvalue weighted by Crippen LogP contribution is 2.15. The van der Waals surface area contributed by atoms with Gasteiger partial charge in [-0.25, -0.2) is 0 Å². The average Bonchev–Trinajstić information content (AvgIpc) is 2.38. The van der Waals surface area contributed by atoms with E-state index >= 15 is 0 Å². The van der Waals surface area contributed by atoms with Crippen LogP contribution in [0.4, 0.5) is 0 Å². The van der Waals surface area contributed by atoms with Gasteiger partial charge in [0.15, 0.2) is 0 Å². The zero-order valence-electron chi connectivity index (χ0n) is 9.43. The molecule has 1 atom stereocenters. The summed E-state index contributed by atoms with van der Waals surface area (Å²) in [6.07, 6.45) is 7.93. The quantitative estimate of drug-likeness (QED) is 0.841. The fraction of sp³-hybridized carbons (Fsp3) is 0.462. The maximum absolute atomic E-state index is 6.08. The van der Waals surface area contributed by atoms with Crippen LogP contribution >= 0.6 is 0 Å². The van der Waals surface area contributed by atoms with Crippen LogP contribution in [-0.4, -0.2) is 17.6 Å². The number of hydrogen-bond acceptors (Lipinski definition) is 3. The lowest BCUT2D eigenvalue weighted by molar-refractivity contribution is 0.173. The molecule has 16 heavy (non-hydrogen) atoms. The number of aromatic nitrogens is 1. The van der Waals surface area contributed by atoms with Gasteiger partial charge in [0.1, 0.15) is 5.76 Å². The summed E-state index contributed by atoms with van der Waals surface area (Å²) in [6.45, 7) is 0.809. The van der Waals surface area contributed by atoms with Crippen molar-refractivity contribution >= 4 is 0 Å². The Balaban J connectivity index is 1.83. The number of nitrogens with zero attached hydrogens (tertiary/aromatic N) is 1. The Bertz CT molecular complexity index is 348. The highest BCUT2D eigenvalue weighted by atomic mass is 16.5. The van der Waals surface area contributed by atoms with Crippen LogP contribution in [0.25, 0.3) is 0 Å². The predicted molar refractivity (Wildman–Crippen MR) is 63.8 cm³/mol. The van der Waals surface area contributed by atoms with Gasteiger partial charge in [-0.1, -0.05) is 6.07 Å². The van der Waals surface area contributed by atoms with E-state index in [0.29, 0.717) is 0 Å². The van der Waals surface area contributed by atoms with Crippen LogP contribution in [0.1, 0.15) is 25.0 Å². The van der Waals surface area contributed by atoms with E-state index in [2.05, 4.69) is 11.1 Å². The number of aryl methyl sites for hydroxylation is 1. The van der Waals surface area contributed by atoms with E-state index in [0.717, 1.165) is 43.7 Å². The summed E-state index contributed by atoms with van der Waals surface area (Å²) in [5.41, 5.74) is 7.17. The number of pyridine rings is 1. The lowest BCUT2D eigenvalue weighted by Gasteiger charge is -2.20. The van der Waals surface area contributed by atoms with Crippen molar-refractivity contribution in [1.29, 1.82) is 0 Å². The third-order valence-corrected chi connectivity index (χ3v) is 2.77. The monoisotopic (exact) mass is 218 g/mol. The number of nitrogens with two attached hydrogens (primary N) is 1. The van der Waals surface area contributed by atoms with E-state index in [9.17, 15) is 0 Å². The van der Waals surface area contributed by atoms with Gasteiger partial charge in [-0.05, 0) is 43.9 Å². The van der Waals surface area contributed by atoms with Crippen molar-refractivity contribution in [2.75, 3.05) is 6.61 Å². The molecule has 0 aromatic carbocycles. The maximum Gasteiger partial charge on any atom is 0.109 e. The summed E-state index contributed by atoms with van der Waals surface area (Å²) in [7, 11) is 0. The van der Waals surface area contributed by atoms with Crippen molar-refractivity contribution < 1.29 is 4.74 Å². The molecule has 2 N–H and O–H groups in total. The van der Waals surface area contributed by atoms with Gasteiger partial charge >= 0.3 is 0 Å². The predicted octanol–water partition coefficient (Wildman–Crippen LogP) is 2.04. The van der Waals surface area contributed by atoms with Crippen molar-refractivity contribution in [3.8, 4) is 0 Å². The second-order valence-electron chi connectivity index (χ2n) is 4.06. The molecule has 0 amide bonds. The van der Waals surface area contributed by atoms with E-state index < -0.39 is 0 Å². The Morgan fingerprint density at radius 1 is 1.44 bits per heavy atom. The van der Waals surface area contributed by atoms with Gasteiger partial charge in [0, 0.05) is 11.9 Å². The first kappa shape index (κ1) is 11.1. The third kappa shape index (κ3) is 3.07. The average molecular weight is 218 g/mol. The number of rotatable bonds is 4.